The Labute approximate surface area is 115 Å². The van der Waals surface area contributed by atoms with Crippen LogP contribution in [0.2, 0.25) is 0 Å². The number of hydrogen-bond acceptors (Lipinski definition) is 2. The van der Waals surface area contributed by atoms with Gasteiger partial charge in [0.05, 0.1) is 11.4 Å². The third-order valence-electron chi connectivity index (χ3n) is 1.84. The molecule has 1 rings (SSSR count). The highest BCUT2D eigenvalue weighted by molar-refractivity contribution is 5.96. The van der Waals surface area contributed by atoms with Gasteiger partial charge in [-0.2, -0.15) is 9.98 Å². The lowest BCUT2D eigenvalue weighted by atomic mass is 10.3. The van der Waals surface area contributed by atoms with E-state index in [-0.39, 0.29) is 23.8 Å². The van der Waals surface area contributed by atoms with Crippen LogP contribution in [0.5, 0.6) is 0 Å². The van der Waals surface area contributed by atoms with Crippen LogP contribution < -0.4 is 34.4 Å². The maximum Gasteiger partial charge on any atom is 0.223 e. The Hall–Kier alpha value is -3.30. The molecule has 12 N–H and O–H groups in total. The second kappa shape index (κ2) is 6.58. The summed E-state index contributed by atoms with van der Waals surface area (Å²) in [6, 6.07) is 6.77. The second-order valence-corrected chi connectivity index (χ2v) is 3.50. The molecule has 0 spiro atoms. The van der Waals surface area contributed by atoms with Gasteiger partial charge in [0.2, 0.25) is 11.9 Å². The molecule has 0 unspecified atom stereocenters. The van der Waals surface area contributed by atoms with Crippen molar-refractivity contribution in [2.45, 2.75) is 0 Å². The summed E-state index contributed by atoms with van der Waals surface area (Å²) in [5.41, 5.74) is 32.7. The smallest absolute Gasteiger partial charge is 0.223 e. The number of guanidine groups is 4. The van der Waals surface area contributed by atoms with Crippen molar-refractivity contribution in [1.82, 2.24) is 0 Å². The van der Waals surface area contributed by atoms with Crippen LogP contribution in [0.25, 0.3) is 0 Å². The maximum absolute atomic E-state index is 5.54. The summed E-state index contributed by atoms with van der Waals surface area (Å²) in [5.74, 6) is -0.638. The summed E-state index contributed by atoms with van der Waals surface area (Å²) < 4.78 is 0. The van der Waals surface area contributed by atoms with Crippen LogP contribution >= 0.6 is 0 Å². The van der Waals surface area contributed by atoms with Crippen molar-refractivity contribution in [3.63, 3.8) is 0 Å². The highest BCUT2D eigenvalue weighted by Gasteiger charge is 2.01. The lowest BCUT2D eigenvalue weighted by Gasteiger charge is -2.01. The van der Waals surface area contributed by atoms with E-state index in [1.54, 1.807) is 24.3 Å². The fourth-order valence-electron chi connectivity index (χ4n) is 1.21. The molecule has 0 saturated carbocycles. The molecule has 0 aliphatic rings. The first kappa shape index (κ1) is 14.8. The molecule has 10 nitrogen and oxygen atoms in total. The van der Waals surface area contributed by atoms with Gasteiger partial charge in [-0.3, -0.25) is 0 Å². The minimum Gasteiger partial charge on any atom is -0.370 e. The van der Waals surface area contributed by atoms with E-state index in [1.165, 1.54) is 0 Å². The SMILES string of the molecule is NC(N)=NC(N)=Nc1ccccc1N=C(N)N=C(N)N. The van der Waals surface area contributed by atoms with Crippen molar-refractivity contribution in [1.29, 1.82) is 0 Å². The molecule has 0 heterocycles. The Balaban J connectivity index is 3.19. The summed E-state index contributed by atoms with van der Waals surface area (Å²) in [6.45, 7) is 0. The van der Waals surface area contributed by atoms with Crippen LogP contribution in [0.4, 0.5) is 11.4 Å². The molecule has 1 aromatic carbocycles. The number of aliphatic imine (C=N–C) groups is 4. The zero-order valence-electron chi connectivity index (χ0n) is 10.6. The lowest BCUT2D eigenvalue weighted by molar-refractivity contribution is 1.34. The van der Waals surface area contributed by atoms with Crippen molar-refractivity contribution >= 4 is 35.2 Å². The number of nitrogens with two attached hydrogens (primary N) is 6. The van der Waals surface area contributed by atoms with Gasteiger partial charge in [0.1, 0.15) is 0 Å². The molecule has 0 fully saturated rings. The summed E-state index contributed by atoms with van der Waals surface area (Å²) >= 11 is 0. The van der Waals surface area contributed by atoms with Gasteiger partial charge in [-0.25, -0.2) is 9.98 Å². The Morgan fingerprint density at radius 3 is 1.30 bits per heavy atom. The van der Waals surface area contributed by atoms with Crippen LogP contribution in [-0.4, -0.2) is 23.8 Å². The van der Waals surface area contributed by atoms with Gasteiger partial charge in [0.15, 0.2) is 11.9 Å². The molecule has 1 aromatic rings. The molecule has 106 valence electrons. The molecular formula is C10H16N10. The van der Waals surface area contributed by atoms with Gasteiger partial charge in [-0.1, -0.05) is 12.1 Å². The average molecular weight is 276 g/mol. The van der Waals surface area contributed by atoms with Crippen molar-refractivity contribution in [2.24, 2.45) is 54.4 Å². The predicted molar refractivity (Wildman–Crippen MR) is 80.6 cm³/mol. The van der Waals surface area contributed by atoms with Gasteiger partial charge in [0, 0.05) is 0 Å². The quantitative estimate of drug-likeness (QED) is 0.269. The number of para-hydroxylation sites is 2. The Morgan fingerprint density at radius 2 is 1.00 bits per heavy atom. The molecule has 0 aliphatic carbocycles. The van der Waals surface area contributed by atoms with Crippen molar-refractivity contribution in [3.05, 3.63) is 24.3 Å². The van der Waals surface area contributed by atoms with E-state index < -0.39 is 0 Å². The standard InChI is InChI=1S/C10H16N10/c11-7(12)19-9(15)17-5-3-1-2-4-6(5)18-10(16)20-8(13)14/h1-4H,(H6,11,12,15,17,19)(H6,13,14,16,18,20). The van der Waals surface area contributed by atoms with Gasteiger partial charge in [0.25, 0.3) is 0 Å². The Morgan fingerprint density at radius 1 is 0.650 bits per heavy atom. The van der Waals surface area contributed by atoms with Crippen LogP contribution in [0.1, 0.15) is 0 Å². The van der Waals surface area contributed by atoms with E-state index in [0.29, 0.717) is 11.4 Å². The normalized spacial score (nSPS) is 11.8. The first-order valence-electron chi connectivity index (χ1n) is 5.35. The van der Waals surface area contributed by atoms with E-state index in [0.717, 1.165) is 0 Å². The topological polar surface area (TPSA) is 206 Å². The zero-order valence-corrected chi connectivity index (χ0v) is 10.6. The summed E-state index contributed by atoms with van der Waals surface area (Å²) in [4.78, 5) is 15.2. The van der Waals surface area contributed by atoms with Gasteiger partial charge < -0.3 is 34.4 Å². The average Bonchev–Trinajstić information content (AvgIpc) is 2.29. The third kappa shape index (κ3) is 4.91. The van der Waals surface area contributed by atoms with Crippen LogP contribution in [0.15, 0.2) is 44.2 Å². The Kier molecular flexibility index (Phi) is 4.86. The fourth-order valence-corrected chi connectivity index (χ4v) is 1.21. The number of hydrogen-bond donors (Lipinski definition) is 6. The molecule has 0 saturated heterocycles. The van der Waals surface area contributed by atoms with Gasteiger partial charge in [-0.05, 0) is 12.1 Å². The number of benzene rings is 1. The summed E-state index contributed by atoms with van der Waals surface area (Å²) in [5, 5.41) is 0. The lowest BCUT2D eigenvalue weighted by Crippen LogP contribution is -2.26. The van der Waals surface area contributed by atoms with Crippen molar-refractivity contribution in [2.75, 3.05) is 0 Å². The highest BCUT2D eigenvalue weighted by Crippen LogP contribution is 2.27. The van der Waals surface area contributed by atoms with E-state index in [4.69, 9.17) is 34.4 Å². The highest BCUT2D eigenvalue weighted by atomic mass is 15.1. The molecule has 0 atom stereocenters. The van der Waals surface area contributed by atoms with E-state index in [1.807, 2.05) is 0 Å². The molecule has 0 aliphatic heterocycles. The van der Waals surface area contributed by atoms with E-state index >= 15 is 0 Å². The molecule has 10 heteroatoms. The molecule has 20 heavy (non-hydrogen) atoms. The van der Waals surface area contributed by atoms with Crippen molar-refractivity contribution in [3.8, 4) is 0 Å². The van der Waals surface area contributed by atoms with Crippen LogP contribution in [0.3, 0.4) is 0 Å². The molecule has 0 radical (unpaired) electrons. The molecule has 0 bridgehead atoms. The van der Waals surface area contributed by atoms with Crippen LogP contribution in [-0.2, 0) is 0 Å². The second-order valence-electron chi connectivity index (χ2n) is 3.50. The third-order valence-corrected chi connectivity index (χ3v) is 1.84. The van der Waals surface area contributed by atoms with E-state index in [9.17, 15) is 0 Å². The zero-order chi connectivity index (χ0) is 15.1. The number of nitrogens with zero attached hydrogens (tertiary/aromatic N) is 4. The molecule has 0 amide bonds. The molecular weight excluding hydrogens is 260 g/mol. The summed E-state index contributed by atoms with van der Waals surface area (Å²) in [7, 11) is 0. The molecule has 0 aromatic heterocycles. The number of rotatable bonds is 2. The van der Waals surface area contributed by atoms with Gasteiger partial charge >= 0.3 is 0 Å². The van der Waals surface area contributed by atoms with Gasteiger partial charge in [-0.15, -0.1) is 0 Å². The van der Waals surface area contributed by atoms with E-state index in [2.05, 4.69) is 20.0 Å². The minimum absolute atomic E-state index is 0.118. The maximum atomic E-state index is 5.54. The largest absolute Gasteiger partial charge is 0.370 e. The monoisotopic (exact) mass is 276 g/mol. The Bertz CT molecular complexity index is 537. The van der Waals surface area contributed by atoms with Crippen LogP contribution in [0, 0.1) is 0 Å². The first-order chi connectivity index (χ1) is 9.38. The summed E-state index contributed by atoms with van der Waals surface area (Å²) in [6.07, 6.45) is 0. The minimum atomic E-state index is -0.202. The predicted octanol–water partition coefficient (Wildman–Crippen LogP) is -1.87. The first-order valence-corrected chi connectivity index (χ1v) is 5.35. The fraction of sp³-hybridized carbons (Fsp3) is 0. The van der Waals surface area contributed by atoms with Crippen molar-refractivity contribution < 1.29 is 0 Å².